The largest absolute Gasteiger partial charge is 0.394 e. The van der Waals surface area contributed by atoms with Crippen molar-refractivity contribution >= 4 is 5.84 Å². The minimum absolute atomic E-state index is 0.264. The number of hydrogen-bond acceptors (Lipinski definition) is 4. The summed E-state index contributed by atoms with van der Waals surface area (Å²) in [7, 11) is 0. The van der Waals surface area contributed by atoms with Crippen LogP contribution in [0.1, 0.15) is 6.42 Å². The van der Waals surface area contributed by atoms with E-state index in [0.717, 1.165) is 0 Å². The summed E-state index contributed by atoms with van der Waals surface area (Å²) in [6.07, 6.45) is 0.559. The Bertz CT molecular complexity index is 110. The second-order valence-electron chi connectivity index (χ2n) is 1.18. The molecule has 0 spiro atoms. The van der Waals surface area contributed by atoms with E-state index in [-0.39, 0.29) is 5.84 Å². The molecule has 4 heteroatoms. The highest BCUT2D eigenvalue weighted by Gasteiger charge is 2.05. The number of oxime groups is 1. The third-order valence-electron chi connectivity index (χ3n) is 0.692. The molecule has 0 fully saturated rings. The van der Waals surface area contributed by atoms with Crippen LogP contribution in [0.25, 0.3) is 0 Å². The lowest BCUT2D eigenvalue weighted by atomic mass is 10.4. The number of rotatable bonds is 0. The second kappa shape index (κ2) is 1.68. The van der Waals surface area contributed by atoms with E-state index in [2.05, 4.69) is 15.2 Å². The highest BCUT2D eigenvalue weighted by molar-refractivity contribution is 5.83. The molecule has 0 saturated heterocycles. The topological polar surface area (TPSA) is 51.0 Å². The maximum absolute atomic E-state index is 9.55. The molecule has 0 radical (unpaired) electrons. The molecule has 1 rings (SSSR count). The molecule has 7 heavy (non-hydrogen) atoms. The summed E-state index contributed by atoms with van der Waals surface area (Å²) in [4.78, 5) is 14.0. The van der Waals surface area contributed by atoms with Crippen LogP contribution in [0.15, 0.2) is 10.3 Å². The maximum Gasteiger partial charge on any atom is 0.215 e. The van der Waals surface area contributed by atoms with Gasteiger partial charge in [-0.3, -0.25) is 0 Å². The minimum Gasteiger partial charge on any atom is -0.394 e. The molecule has 1 heterocycles. The molecule has 1 aliphatic rings. The highest BCUT2D eigenvalue weighted by atomic mass is 16.6. The van der Waals surface area contributed by atoms with Crippen molar-refractivity contribution in [3.63, 3.8) is 0 Å². The van der Waals surface area contributed by atoms with Gasteiger partial charge in [-0.1, -0.05) is 5.16 Å². The van der Waals surface area contributed by atoms with E-state index in [4.69, 9.17) is 0 Å². The van der Waals surface area contributed by atoms with Gasteiger partial charge in [0.15, 0.2) is 0 Å². The Kier molecular flexibility index (Phi) is 1.02. The van der Waals surface area contributed by atoms with Crippen LogP contribution in [0.2, 0.25) is 0 Å². The standard InChI is InChI=1S/C3H4N2O2/c6-4-3-1-2-7-5-3/h1-2H2. The summed E-state index contributed by atoms with van der Waals surface area (Å²) in [6.45, 7) is 0.501. The van der Waals surface area contributed by atoms with Gasteiger partial charge in [0, 0.05) is 0 Å². The summed E-state index contributed by atoms with van der Waals surface area (Å²) in [5.41, 5.74) is 0. The van der Waals surface area contributed by atoms with Gasteiger partial charge in [-0.2, -0.15) is 0 Å². The van der Waals surface area contributed by atoms with E-state index in [0.29, 0.717) is 13.0 Å². The van der Waals surface area contributed by atoms with Gasteiger partial charge in [0.05, 0.1) is 6.42 Å². The summed E-state index contributed by atoms with van der Waals surface area (Å²) >= 11 is 0. The normalized spacial score (nSPS) is 18.0. The lowest BCUT2D eigenvalue weighted by molar-refractivity contribution is 0.173. The summed E-state index contributed by atoms with van der Waals surface area (Å²) in [6, 6.07) is 0. The molecule has 0 aromatic carbocycles. The zero-order valence-corrected chi connectivity index (χ0v) is 3.63. The predicted molar refractivity (Wildman–Crippen MR) is 23.8 cm³/mol. The zero-order valence-electron chi connectivity index (χ0n) is 3.63. The molecule has 0 aromatic heterocycles. The fourth-order valence-corrected chi connectivity index (χ4v) is 0.365. The lowest BCUT2D eigenvalue weighted by Gasteiger charge is -1.75. The van der Waals surface area contributed by atoms with Gasteiger partial charge in [0.1, 0.15) is 6.61 Å². The molecule has 4 nitrogen and oxygen atoms in total. The van der Waals surface area contributed by atoms with Gasteiger partial charge < -0.3 is 4.84 Å². The zero-order chi connectivity index (χ0) is 5.11. The summed E-state index contributed by atoms with van der Waals surface area (Å²) < 4.78 is 0. The van der Waals surface area contributed by atoms with Crippen LogP contribution >= 0.6 is 0 Å². The molecule has 38 valence electrons. The van der Waals surface area contributed by atoms with Crippen molar-refractivity contribution < 1.29 is 4.84 Å². The fourth-order valence-electron chi connectivity index (χ4n) is 0.365. The molecule has 0 N–H and O–H groups in total. The predicted octanol–water partition coefficient (Wildman–Crippen LogP) is 0.487. The molecule has 0 amide bonds. The van der Waals surface area contributed by atoms with Gasteiger partial charge in [-0.05, 0) is 5.18 Å². The Morgan fingerprint density at radius 2 is 2.71 bits per heavy atom. The van der Waals surface area contributed by atoms with Crippen LogP contribution in [-0.2, 0) is 4.84 Å². The van der Waals surface area contributed by atoms with Gasteiger partial charge in [0.25, 0.3) is 0 Å². The van der Waals surface area contributed by atoms with Crippen molar-refractivity contribution in [3.05, 3.63) is 4.91 Å². The van der Waals surface area contributed by atoms with Gasteiger partial charge in [0.2, 0.25) is 5.84 Å². The lowest BCUT2D eigenvalue weighted by Crippen LogP contribution is -1.84. The summed E-state index contributed by atoms with van der Waals surface area (Å²) in [5.74, 6) is 0.264. The quantitative estimate of drug-likeness (QED) is 0.416. The van der Waals surface area contributed by atoms with Crippen molar-refractivity contribution in [1.29, 1.82) is 0 Å². The molecule has 0 atom stereocenters. The van der Waals surface area contributed by atoms with E-state index in [9.17, 15) is 4.91 Å². The van der Waals surface area contributed by atoms with Crippen LogP contribution in [0.5, 0.6) is 0 Å². The van der Waals surface area contributed by atoms with Crippen LogP contribution < -0.4 is 0 Å². The van der Waals surface area contributed by atoms with Crippen molar-refractivity contribution in [2.45, 2.75) is 6.42 Å². The maximum atomic E-state index is 9.55. The Labute approximate surface area is 40.1 Å². The SMILES string of the molecule is O=NC1=NOCC1. The van der Waals surface area contributed by atoms with E-state index in [1.165, 1.54) is 0 Å². The van der Waals surface area contributed by atoms with Crippen LogP contribution in [0.4, 0.5) is 0 Å². The highest BCUT2D eigenvalue weighted by Crippen LogP contribution is 1.98. The second-order valence-corrected chi connectivity index (χ2v) is 1.18. The molecule has 1 aliphatic heterocycles. The number of nitroso groups, excluding NO2 is 1. The third kappa shape index (κ3) is 0.734. The number of amidine groups is 1. The average molecular weight is 100 g/mol. The monoisotopic (exact) mass is 100 g/mol. The smallest absolute Gasteiger partial charge is 0.215 e. The van der Waals surface area contributed by atoms with Gasteiger partial charge in [-0.25, -0.2) is 0 Å². The molecule has 0 saturated carbocycles. The van der Waals surface area contributed by atoms with Crippen molar-refractivity contribution in [1.82, 2.24) is 0 Å². The van der Waals surface area contributed by atoms with E-state index in [1.807, 2.05) is 0 Å². The first-order chi connectivity index (χ1) is 3.43. The van der Waals surface area contributed by atoms with Crippen molar-refractivity contribution in [2.24, 2.45) is 10.3 Å². The Morgan fingerprint density at radius 3 is 3.00 bits per heavy atom. The Balaban J connectivity index is 2.51. The van der Waals surface area contributed by atoms with Crippen LogP contribution in [-0.4, -0.2) is 12.4 Å². The molecule has 0 bridgehead atoms. The number of hydrogen-bond donors (Lipinski definition) is 0. The van der Waals surface area contributed by atoms with Crippen LogP contribution in [0, 0.1) is 4.91 Å². The third-order valence-corrected chi connectivity index (χ3v) is 0.692. The molecular weight excluding hydrogens is 96.0 g/mol. The first-order valence-corrected chi connectivity index (χ1v) is 1.95. The Hall–Kier alpha value is -0.930. The van der Waals surface area contributed by atoms with Crippen molar-refractivity contribution in [3.8, 4) is 0 Å². The van der Waals surface area contributed by atoms with Gasteiger partial charge >= 0.3 is 0 Å². The van der Waals surface area contributed by atoms with E-state index >= 15 is 0 Å². The van der Waals surface area contributed by atoms with E-state index in [1.54, 1.807) is 0 Å². The molecule has 0 unspecified atom stereocenters. The van der Waals surface area contributed by atoms with Crippen molar-refractivity contribution in [2.75, 3.05) is 6.61 Å². The van der Waals surface area contributed by atoms with E-state index < -0.39 is 0 Å². The minimum atomic E-state index is 0.264. The first-order valence-electron chi connectivity index (χ1n) is 1.95. The molecule has 0 aliphatic carbocycles. The molecule has 0 aromatic rings. The molecular formula is C3H4N2O2. The average Bonchev–Trinajstić information content (AvgIpc) is 2.14. The Morgan fingerprint density at radius 1 is 1.86 bits per heavy atom. The van der Waals surface area contributed by atoms with Crippen LogP contribution in [0.3, 0.4) is 0 Å². The first kappa shape index (κ1) is 4.23. The summed E-state index contributed by atoms with van der Waals surface area (Å²) in [5, 5.41) is 5.85. The van der Waals surface area contributed by atoms with Gasteiger partial charge in [-0.15, -0.1) is 4.91 Å². The number of nitrogens with zero attached hydrogens (tertiary/aromatic N) is 2. The fraction of sp³-hybridized carbons (Fsp3) is 0.667.